The molecule has 0 aromatic heterocycles. The molecule has 1 N–H and O–H groups in total. The van der Waals surface area contributed by atoms with Gasteiger partial charge in [-0.3, -0.25) is 4.79 Å². The lowest BCUT2D eigenvalue weighted by molar-refractivity contribution is -0.127. The fourth-order valence-corrected chi connectivity index (χ4v) is 8.68. The van der Waals surface area contributed by atoms with Crippen molar-refractivity contribution in [3.63, 3.8) is 0 Å². The maximum Gasteiger partial charge on any atom is 0.243 e. The average Bonchev–Trinajstić information content (AvgIpc) is 3.48. The number of hydrogen-bond donors (Lipinski definition) is 1. The summed E-state index contributed by atoms with van der Waals surface area (Å²) in [4.78, 5) is 13.7. The molecule has 2 saturated carbocycles. The van der Waals surface area contributed by atoms with Gasteiger partial charge in [-0.25, -0.2) is 16.8 Å². The lowest BCUT2D eigenvalue weighted by Crippen LogP contribution is -2.62. The van der Waals surface area contributed by atoms with Crippen molar-refractivity contribution in [2.24, 2.45) is 11.8 Å². The van der Waals surface area contributed by atoms with Crippen molar-refractivity contribution in [2.75, 3.05) is 19.6 Å². The van der Waals surface area contributed by atoms with Gasteiger partial charge in [0.25, 0.3) is 0 Å². The van der Waals surface area contributed by atoms with Crippen LogP contribution in [0.5, 0.6) is 0 Å². The van der Waals surface area contributed by atoms with Crippen molar-refractivity contribution < 1.29 is 21.6 Å². The number of piperazine rings is 1. The van der Waals surface area contributed by atoms with Crippen molar-refractivity contribution in [1.29, 1.82) is 0 Å². The Balaban J connectivity index is 1.44. The Morgan fingerprint density at radius 3 is 1.97 bits per heavy atom. The molecule has 2 aliphatic carbocycles. The molecule has 1 saturated heterocycles. The highest BCUT2D eigenvalue weighted by Crippen LogP contribution is 2.44. The number of rotatable bonds is 6. The molecule has 1 aliphatic heterocycles. The Morgan fingerprint density at radius 2 is 1.41 bits per heavy atom. The number of amides is 1. The van der Waals surface area contributed by atoms with Crippen LogP contribution in [-0.2, 0) is 24.8 Å². The predicted molar refractivity (Wildman–Crippen MR) is 127 cm³/mol. The third kappa shape index (κ3) is 4.28. The topological polar surface area (TPSA) is 104 Å². The summed E-state index contributed by atoms with van der Waals surface area (Å²) in [7, 11) is -7.85. The Labute approximate surface area is 201 Å². The normalized spacial score (nSPS) is 28.1. The Morgan fingerprint density at radius 1 is 0.794 bits per heavy atom. The molecule has 2 aromatic carbocycles. The van der Waals surface area contributed by atoms with Crippen LogP contribution < -0.4 is 5.32 Å². The van der Waals surface area contributed by atoms with Crippen LogP contribution in [0.3, 0.4) is 0 Å². The zero-order valence-corrected chi connectivity index (χ0v) is 20.4. The van der Waals surface area contributed by atoms with Crippen molar-refractivity contribution in [3.8, 4) is 0 Å². The Kier molecular flexibility index (Phi) is 6.26. The molecule has 182 valence electrons. The summed E-state index contributed by atoms with van der Waals surface area (Å²) >= 11 is 0. The van der Waals surface area contributed by atoms with Crippen LogP contribution >= 0.6 is 0 Å². The summed E-state index contributed by atoms with van der Waals surface area (Å²) in [5.41, 5.74) is 0. The predicted octanol–water partition coefficient (Wildman–Crippen LogP) is 2.06. The number of fused-ring (bicyclic) bond motifs is 2. The minimum absolute atomic E-state index is 0.0219. The fraction of sp³-hybridized carbons (Fsp3) is 0.458. The molecule has 2 aromatic rings. The van der Waals surface area contributed by atoms with Gasteiger partial charge in [0.1, 0.15) is 6.04 Å². The third-order valence-corrected chi connectivity index (χ3v) is 11.2. The van der Waals surface area contributed by atoms with Crippen LogP contribution in [0.15, 0.2) is 70.5 Å². The molecule has 3 aliphatic rings. The minimum Gasteiger partial charge on any atom is -0.352 e. The Hall–Kier alpha value is -2.27. The molecule has 4 unspecified atom stereocenters. The van der Waals surface area contributed by atoms with Crippen LogP contribution in [0.1, 0.15) is 25.7 Å². The van der Waals surface area contributed by atoms with E-state index in [1.54, 1.807) is 36.4 Å². The lowest BCUT2D eigenvalue weighted by atomic mass is 9.95. The highest BCUT2D eigenvalue weighted by Gasteiger charge is 2.46. The van der Waals surface area contributed by atoms with Crippen LogP contribution in [0, 0.1) is 11.8 Å². The van der Waals surface area contributed by atoms with E-state index < -0.39 is 32.0 Å². The molecule has 0 radical (unpaired) electrons. The average molecular weight is 504 g/mol. The minimum atomic E-state index is -3.98. The van der Waals surface area contributed by atoms with Crippen LogP contribution in [0.4, 0.5) is 0 Å². The maximum atomic E-state index is 13.5. The largest absolute Gasteiger partial charge is 0.352 e. The van der Waals surface area contributed by atoms with Gasteiger partial charge in [-0.1, -0.05) is 42.8 Å². The van der Waals surface area contributed by atoms with E-state index in [1.807, 2.05) is 0 Å². The summed E-state index contributed by atoms with van der Waals surface area (Å²) < 4.78 is 55.9. The number of nitrogens with one attached hydrogen (secondary N) is 1. The Bertz CT molecular complexity index is 1250. The molecule has 5 rings (SSSR count). The molecule has 2 bridgehead atoms. The number of nitrogens with zero attached hydrogens (tertiary/aromatic N) is 2. The van der Waals surface area contributed by atoms with E-state index in [0.29, 0.717) is 11.8 Å². The van der Waals surface area contributed by atoms with Crippen molar-refractivity contribution in [3.05, 3.63) is 60.7 Å². The first-order valence-corrected chi connectivity index (χ1v) is 14.6. The van der Waals surface area contributed by atoms with E-state index in [-0.39, 0.29) is 35.5 Å². The van der Waals surface area contributed by atoms with Gasteiger partial charge in [0.05, 0.1) is 9.79 Å². The van der Waals surface area contributed by atoms with Gasteiger partial charge in [0, 0.05) is 25.7 Å². The van der Waals surface area contributed by atoms with Crippen molar-refractivity contribution in [2.45, 2.75) is 47.6 Å². The van der Waals surface area contributed by atoms with Gasteiger partial charge >= 0.3 is 0 Å². The number of hydrogen-bond acceptors (Lipinski definition) is 5. The second kappa shape index (κ2) is 9.07. The second-order valence-corrected chi connectivity index (χ2v) is 13.2. The fourth-order valence-electron chi connectivity index (χ4n) is 5.63. The summed E-state index contributed by atoms with van der Waals surface area (Å²) in [5, 5.41) is 3.08. The molecule has 34 heavy (non-hydrogen) atoms. The van der Waals surface area contributed by atoms with Gasteiger partial charge in [-0.05, 0) is 55.4 Å². The number of benzene rings is 2. The molecule has 1 amide bonds. The molecule has 3 fully saturated rings. The van der Waals surface area contributed by atoms with E-state index in [2.05, 4.69) is 5.32 Å². The third-order valence-electron chi connectivity index (χ3n) is 7.39. The van der Waals surface area contributed by atoms with E-state index >= 15 is 0 Å². The van der Waals surface area contributed by atoms with E-state index in [0.717, 1.165) is 19.3 Å². The SMILES string of the molecule is O=C(NC1CC2CCC1C2)C1CN(S(=O)(=O)c2ccccc2)CCN1S(=O)(=O)c1ccccc1. The van der Waals surface area contributed by atoms with Gasteiger partial charge < -0.3 is 5.32 Å². The summed E-state index contributed by atoms with van der Waals surface area (Å²) in [6, 6.07) is 14.9. The smallest absolute Gasteiger partial charge is 0.243 e. The van der Waals surface area contributed by atoms with E-state index in [1.165, 1.54) is 39.3 Å². The highest BCUT2D eigenvalue weighted by molar-refractivity contribution is 7.89. The van der Waals surface area contributed by atoms with Crippen molar-refractivity contribution in [1.82, 2.24) is 13.9 Å². The van der Waals surface area contributed by atoms with Gasteiger partial charge in [-0.2, -0.15) is 8.61 Å². The second-order valence-electron chi connectivity index (χ2n) is 9.41. The van der Waals surface area contributed by atoms with Crippen LogP contribution in [0.25, 0.3) is 0 Å². The van der Waals surface area contributed by atoms with Crippen LogP contribution in [-0.4, -0.2) is 63.1 Å². The summed E-state index contributed by atoms with van der Waals surface area (Å²) in [6.45, 7) is -0.352. The molecule has 4 atom stereocenters. The molecule has 0 spiro atoms. The van der Waals surface area contributed by atoms with Crippen molar-refractivity contribution >= 4 is 26.0 Å². The van der Waals surface area contributed by atoms with Gasteiger partial charge in [0.15, 0.2) is 0 Å². The quantitative estimate of drug-likeness (QED) is 0.650. The number of carbonyl (C=O) groups is 1. The first kappa shape index (κ1) is 23.5. The zero-order valence-electron chi connectivity index (χ0n) is 18.8. The van der Waals surface area contributed by atoms with E-state index in [4.69, 9.17) is 0 Å². The first-order chi connectivity index (χ1) is 16.3. The molecule has 10 heteroatoms. The molecule has 1 heterocycles. The maximum absolute atomic E-state index is 13.5. The zero-order chi connectivity index (χ0) is 23.9. The lowest BCUT2D eigenvalue weighted by Gasteiger charge is -2.39. The standard InChI is InChI=1S/C24H29N3O5S2/c28-24(25-22-16-18-11-12-19(22)15-18)23-17-26(33(29,30)20-7-3-1-4-8-20)13-14-27(23)34(31,32)21-9-5-2-6-10-21/h1-10,18-19,22-23H,11-17H2,(H,25,28). The number of carbonyl (C=O) groups excluding carboxylic acids is 1. The number of sulfonamides is 2. The summed E-state index contributed by atoms with van der Waals surface area (Å²) in [6.07, 6.45) is 4.25. The van der Waals surface area contributed by atoms with Crippen LogP contribution in [0.2, 0.25) is 0 Å². The monoisotopic (exact) mass is 503 g/mol. The van der Waals surface area contributed by atoms with Gasteiger partial charge in [0.2, 0.25) is 26.0 Å². The first-order valence-electron chi connectivity index (χ1n) is 11.7. The highest BCUT2D eigenvalue weighted by atomic mass is 32.2. The molecular weight excluding hydrogens is 474 g/mol. The summed E-state index contributed by atoms with van der Waals surface area (Å²) in [5.74, 6) is 0.603. The molecular formula is C24H29N3O5S2. The molecule has 8 nitrogen and oxygen atoms in total. The van der Waals surface area contributed by atoms with E-state index in [9.17, 15) is 21.6 Å². The van der Waals surface area contributed by atoms with Gasteiger partial charge in [-0.15, -0.1) is 0 Å².